The van der Waals surface area contributed by atoms with Crippen molar-refractivity contribution in [3.05, 3.63) is 50.7 Å². The molecule has 0 saturated heterocycles. The molecule has 0 radical (unpaired) electrons. The Morgan fingerprint density at radius 1 is 1.42 bits per heavy atom. The molecule has 1 heterocycles. The first-order chi connectivity index (χ1) is 8.91. The van der Waals surface area contributed by atoms with Crippen LogP contribution in [0, 0.1) is 17.0 Å². The lowest BCUT2D eigenvalue weighted by molar-refractivity contribution is -0.384. The van der Waals surface area contributed by atoms with E-state index in [1.54, 1.807) is 0 Å². The summed E-state index contributed by atoms with van der Waals surface area (Å²) in [6.07, 6.45) is 0. The van der Waals surface area contributed by atoms with E-state index in [1.807, 2.05) is 0 Å². The number of hydrogen-bond acceptors (Lipinski definition) is 4. The number of aryl methyl sites for hydroxylation is 1. The third-order valence-electron chi connectivity index (χ3n) is 2.46. The molecular formula is C10H8F2N4O3. The Morgan fingerprint density at radius 3 is 2.63 bits per heavy atom. The first kappa shape index (κ1) is 12.9. The van der Waals surface area contributed by atoms with Crippen LogP contribution in [0.5, 0.6) is 0 Å². The first-order valence-corrected chi connectivity index (χ1v) is 5.13. The Balaban J connectivity index is 2.60. The zero-order valence-corrected chi connectivity index (χ0v) is 9.66. The quantitative estimate of drug-likeness (QED) is 0.627. The number of rotatable bonds is 3. The molecule has 9 heteroatoms. The lowest BCUT2D eigenvalue weighted by Crippen LogP contribution is -2.24. The number of nitrogens with zero attached hydrogens (tertiary/aromatic N) is 4. The fourth-order valence-electron chi connectivity index (χ4n) is 1.61. The maximum atomic E-state index is 12.6. The summed E-state index contributed by atoms with van der Waals surface area (Å²) in [5.74, 6) is -0.175. The van der Waals surface area contributed by atoms with Gasteiger partial charge in [-0.2, -0.15) is 18.6 Å². The Hall–Kier alpha value is -2.58. The largest absolute Gasteiger partial charge is 0.355 e. The summed E-state index contributed by atoms with van der Waals surface area (Å²) in [6.45, 7) is -1.76. The van der Waals surface area contributed by atoms with Crippen LogP contribution in [-0.4, -0.2) is 19.3 Å². The topological polar surface area (TPSA) is 83.0 Å². The number of non-ortho nitro benzene ring substituents is 1. The van der Waals surface area contributed by atoms with E-state index in [0.29, 0.717) is 4.68 Å². The summed E-state index contributed by atoms with van der Waals surface area (Å²) in [5.41, 5.74) is -1.25. The fraction of sp³-hybridized carbons (Fsp3) is 0.200. The number of nitro benzene ring substituents is 1. The highest BCUT2D eigenvalue weighted by molar-refractivity contribution is 5.42. The lowest BCUT2D eigenvalue weighted by Gasteiger charge is -1.99. The van der Waals surface area contributed by atoms with E-state index in [2.05, 4.69) is 5.10 Å². The highest BCUT2D eigenvalue weighted by atomic mass is 19.3. The molecule has 0 fully saturated rings. The van der Waals surface area contributed by atoms with Gasteiger partial charge < -0.3 is 0 Å². The van der Waals surface area contributed by atoms with Crippen molar-refractivity contribution in [3.8, 4) is 5.69 Å². The van der Waals surface area contributed by atoms with Gasteiger partial charge in [0.15, 0.2) is 0 Å². The lowest BCUT2D eigenvalue weighted by atomic mass is 10.3. The molecule has 1 aromatic carbocycles. The highest BCUT2D eigenvalue weighted by Gasteiger charge is 2.19. The van der Waals surface area contributed by atoms with E-state index in [9.17, 15) is 23.7 Å². The zero-order valence-electron chi connectivity index (χ0n) is 9.66. The van der Waals surface area contributed by atoms with Crippen LogP contribution in [0.15, 0.2) is 29.1 Å². The summed E-state index contributed by atoms with van der Waals surface area (Å²) in [4.78, 5) is 21.7. The van der Waals surface area contributed by atoms with Gasteiger partial charge in [-0.05, 0) is 13.0 Å². The van der Waals surface area contributed by atoms with Gasteiger partial charge in [0.1, 0.15) is 5.82 Å². The van der Waals surface area contributed by atoms with Gasteiger partial charge in [-0.1, -0.05) is 6.07 Å². The standard InChI is InChI=1S/C10H8F2N4O3/c1-6-13-15(10(17)14(6)9(11)12)7-3-2-4-8(5-7)16(18)19/h2-5,9H,1H3. The second-order valence-electron chi connectivity index (χ2n) is 3.67. The maximum Gasteiger partial charge on any atom is 0.355 e. The Morgan fingerprint density at radius 2 is 2.11 bits per heavy atom. The van der Waals surface area contributed by atoms with Gasteiger partial charge in [-0.25, -0.2) is 9.36 Å². The molecule has 0 aliphatic heterocycles. The zero-order chi connectivity index (χ0) is 14.2. The van der Waals surface area contributed by atoms with E-state index < -0.39 is 17.2 Å². The van der Waals surface area contributed by atoms with E-state index >= 15 is 0 Å². The smallest absolute Gasteiger partial charge is 0.258 e. The average molecular weight is 270 g/mol. The molecule has 0 saturated carbocycles. The first-order valence-electron chi connectivity index (χ1n) is 5.13. The molecule has 2 aromatic rings. The Labute approximate surface area is 104 Å². The van der Waals surface area contributed by atoms with Crippen LogP contribution in [0.1, 0.15) is 12.4 Å². The van der Waals surface area contributed by atoms with Gasteiger partial charge in [0.05, 0.1) is 10.6 Å². The van der Waals surface area contributed by atoms with Crippen LogP contribution in [0.2, 0.25) is 0 Å². The molecule has 0 amide bonds. The SMILES string of the molecule is Cc1nn(-c2cccc([N+](=O)[O-])c2)c(=O)n1C(F)F. The van der Waals surface area contributed by atoms with Crippen molar-refractivity contribution in [2.75, 3.05) is 0 Å². The van der Waals surface area contributed by atoms with Gasteiger partial charge in [0.2, 0.25) is 0 Å². The summed E-state index contributed by atoms with van der Waals surface area (Å²) in [7, 11) is 0. The molecule has 0 N–H and O–H groups in total. The molecule has 100 valence electrons. The molecular weight excluding hydrogens is 262 g/mol. The molecule has 2 rings (SSSR count). The summed E-state index contributed by atoms with van der Waals surface area (Å²) < 4.78 is 26.2. The molecule has 0 atom stereocenters. The molecule has 0 aliphatic rings. The minimum absolute atomic E-state index is 0.0571. The number of nitro groups is 1. The maximum absolute atomic E-state index is 12.6. The molecule has 0 spiro atoms. The fourth-order valence-corrected chi connectivity index (χ4v) is 1.61. The van der Waals surface area contributed by atoms with Crippen LogP contribution in [-0.2, 0) is 0 Å². The van der Waals surface area contributed by atoms with Crippen molar-refractivity contribution < 1.29 is 13.7 Å². The van der Waals surface area contributed by atoms with E-state index in [4.69, 9.17) is 0 Å². The van der Waals surface area contributed by atoms with E-state index in [-0.39, 0.29) is 21.8 Å². The van der Waals surface area contributed by atoms with Crippen molar-refractivity contribution in [3.63, 3.8) is 0 Å². The number of aromatic nitrogens is 3. The molecule has 0 aliphatic carbocycles. The van der Waals surface area contributed by atoms with Crippen LogP contribution in [0.3, 0.4) is 0 Å². The predicted molar refractivity (Wildman–Crippen MR) is 60.5 cm³/mol. The molecule has 1 aromatic heterocycles. The van der Waals surface area contributed by atoms with Crippen LogP contribution >= 0.6 is 0 Å². The van der Waals surface area contributed by atoms with Gasteiger partial charge in [-0.15, -0.1) is 0 Å². The van der Waals surface area contributed by atoms with Crippen molar-refractivity contribution in [2.45, 2.75) is 13.5 Å². The molecule has 0 unspecified atom stereocenters. The molecule has 19 heavy (non-hydrogen) atoms. The van der Waals surface area contributed by atoms with E-state index in [1.165, 1.54) is 25.1 Å². The van der Waals surface area contributed by atoms with Gasteiger partial charge >= 0.3 is 12.2 Å². The number of alkyl halides is 2. The van der Waals surface area contributed by atoms with Gasteiger partial charge in [0.25, 0.3) is 5.69 Å². The second kappa shape index (κ2) is 4.59. The predicted octanol–water partition coefficient (Wildman–Crippen LogP) is 1.65. The summed E-state index contributed by atoms with van der Waals surface area (Å²) in [5, 5.41) is 14.3. The second-order valence-corrected chi connectivity index (χ2v) is 3.67. The third kappa shape index (κ3) is 2.21. The number of benzene rings is 1. The van der Waals surface area contributed by atoms with Gasteiger partial charge in [-0.3, -0.25) is 10.1 Å². The minimum atomic E-state index is -3.01. The van der Waals surface area contributed by atoms with Gasteiger partial charge in [0, 0.05) is 12.1 Å². The summed E-state index contributed by atoms with van der Waals surface area (Å²) in [6, 6.07) is 5.03. The van der Waals surface area contributed by atoms with Crippen molar-refractivity contribution in [2.24, 2.45) is 0 Å². The third-order valence-corrected chi connectivity index (χ3v) is 2.46. The number of hydrogen-bond donors (Lipinski definition) is 0. The van der Waals surface area contributed by atoms with Crippen molar-refractivity contribution in [1.29, 1.82) is 0 Å². The number of halogens is 2. The Kier molecular flexibility index (Phi) is 3.11. The van der Waals surface area contributed by atoms with Crippen LogP contribution < -0.4 is 5.69 Å². The summed E-state index contributed by atoms with van der Waals surface area (Å²) >= 11 is 0. The minimum Gasteiger partial charge on any atom is -0.258 e. The molecule has 0 bridgehead atoms. The van der Waals surface area contributed by atoms with Crippen LogP contribution in [0.25, 0.3) is 5.69 Å². The van der Waals surface area contributed by atoms with Crippen LogP contribution in [0.4, 0.5) is 14.5 Å². The monoisotopic (exact) mass is 270 g/mol. The van der Waals surface area contributed by atoms with E-state index in [0.717, 1.165) is 6.07 Å². The van der Waals surface area contributed by atoms with Crippen molar-refractivity contribution >= 4 is 5.69 Å². The average Bonchev–Trinajstić information content (AvgIpc) is 2.65. The Bertz CT molecular complexity index is 692. The normalized spacial score (nSPS) is 10.9. The molecule has 7 nitrogen and oxygen atoms in total. The van der Waals surface area contributed by atoms with Crippen molar-refractivity contribution in [1.82, 2.24) is 14.3 Å². The highest BCUT2D eigenvalue weighted by Crippen LogP contribution is 2.16.